The average molecular weight is 1940 g/mol. The van der Waals surface area contributed by atoms with E-state index in [-0.39, 0.29) is 117 Å². The second-order valence-corrected chi connectivity index (χ2v) is 36.4. The third-order valence-electron chi connectivity index (χ3n) is 26.7. The summed E-state index contributed by atoms with van der Waals surface area (Å²) in [5, 5.41) is 106. The molecule has 0 bridgehead atoms. The second kappa shape index (κ2) is 38.9. The maximum Gasteiger partial charge on any atom is 0.283 e. The van der Waals surface area contributed by atoms with Gasteiger partial charge in [0.1, 0.15) is 45.7 Å². The molecule has 2 saturated carbocycles. The van der Waals surface area contributed by atoms with E-state index in [1.807, 2.05) is 52.0 Å². The molecule has 6 aliphatic rings. The summed E-state index contributed by atoms with van der Waals surface area (Å²) in [6.07, 6.45) is 24.2. The van der Waals surface area contributed by atoms with Gasteiger partial charge < -0.3 is 40.0 Å². The number of hydrogen-bond donors (Lipinski definition) is 4. The molecule has 0 saturated heterocycles. The fourth-order valence-electron chi connectivity index (χ4n) is 20.2. The number of allylic oxidation sites excluding steroid dienone is 8. The molecule has 0 atom stereocenters. The van der Waals surface area contributed by atoms with Gasteiger partial charge in [-0.05, 0) is 218 Å². The molecule has 29 heteroatoms. The van der Waals surface area contributed by atoms with Gasteiger partial charge in [0.15, 0.2) is 24.5 Å². The topological polar surface area (TPSA) is 322 Å². The molecule has 2 aliphatic carbocycles. The van der Waals surface area contributed by atoms with E-state index < -0.39 is 9.85 Å². The van der Waals surface area contributed by atoms with Gasteiger partial charge in [-0.15, -0.1) is 20.5 Å². The maximum absolute atomic E-state index is 12.2. The number of azo groups is 2. The van der Waals surface area contributed by atoms with Gasteiger partial charge in [0.25, 0.3) is 22.7 Å². The van der Waals surface area contributed by atoms with E-state index >= 15 is 0 Å². The van der Waals surface area contributed by atoms with Crippen LogP contribution in [-0.4, -0.2) is 101 Å². The van der Waals surface area contributed by atoms with Crippen molar-refractivity contribution in [3.8, 4) is 23.0 Å². The summed E-state index contributed by atoms with van der Waals surface area (Å²) >= 11 is 7.07. The number of phenolic OH excluding ortho intramolecular Hbond substituents is 4. The van der Waals surface area contributed by atoms with Crippen molar-refractivity contribution >= 4 is 144 Å². The fourth-order valence-corrected chi connectivity index (χ4v) is 21.1. The Kier molecular flexibility index (Phi) is 27.9. The molecule has 0 unspecified atom stereocenters. The van der Waals surface area contributed by atoms with E-state index in [1.165, 1.54) is 115 Å². The summed E-state index contributed by atoms with van der Waals surface area (Å²) in [5.74, 6) is -0.589. The zero-order chi connectivity index (χ0) is 92.4. The summed E-state index contributed by atoms with van der Waals surface area (Å²) in [7, 11) is 4.23. The first kappa shape index (κ1) is 94.0. The standard InChI is InChI=1S/C70H68Br2N6O4.2C16H18N4O4.Co/c1-67(2)61(23-17-25-63-69(35-13-7-14-36-69)51-39-59(77(79)80)53(71)41-57(51)73(63)5)75(55-33-31-47-19-9-11-21-49(47)65(55)67)43-45-27-29-46(30-28-45)44-76-56-34-32-48-20-10-12-22-50(48)66(56)68(3,4)62(76)24-18-26-64-70(37-15-8-16-38-70)52-40-60(78(81)82)54(72)42-58(52)74(64)6;2*1-3-19(4-2)11-5-7-13(16(22)10-11)17-18-14-9-12(20(23)24)6-8-15(14)21;/h9-12,17-34,39-42H,7-8,13-16,35-38,43-44H2,1-6H3;2*5-10,21-22H,3-4H2,1-2H3;/q+2;;;. The summed E-state index contributed by atoms with van der Waals surface area (Å²) < 4.78 is 6.05. The number of nitro groups is 4. The van der Waals surface area contributed by atoms with Crippen LogP contribution in [0.1, 0.15) is 153 Å². The molecule has 2 spiro atoms. The van der Waals surface area contributed by atoms with E-state index in [1.54, 1.807) is 36.4 Å². The van der Waals surface area contributed by atoms with Gasteiger partial charge in [-0.1, -0.05) is 123 Å². The van der Waals surface area contributed by atoms with Crippen LogP contribution in [-0.2, 0) is 51.5 Å². The van der Waals surface area contributed by atoms with Gasteiger partial charge in [0.05, 0.1) is 39.5 Å². The third-order valence-corrected chi connectivity index (χ3v) is 27.9. The number of hydrogen-bond acceptors (Lipinski definition) is 20. The van der Waals surface area contributed by atoms with Crippen LogP contribution in [0.15, 0.2) is 271 Å². The quantitative estimate of drug-likeness (QED) is 0.0212. The van der Waals surface area contributed by atoms with Gasteiger partial charge in [-0.2, -0.15) is 9.15 Å². The Balaban J connectivity index is 0.000000229. The van der Waals surface area contributed by atoms with E-state index in [4.69, 9.17) is 0 Å². The van der Waals surface area contributed by atoms with Gasteiger partial charge in [0.2, 0.25) is 11.4 Å². The number of likely N-dealkylation sites (N-methyl/N-ethyl adjacent to an activating group) is 2. The number of benzene rings is 11. The zero-order valence-electron chi connectivity index (χ0n) is 74.7. The summed E-state index contributed by atoms with van der Waals surface area (Å²) in [5.41, 5.74) is 17.2. The number of non-ortho nitro benzene ring substituents is 2. The molecule has 1 radical (unpaired) electrons. The predicted molar refractivity (Wildman–Crippen MR) is 521 cm³/mol. The molecular formula is C102H104Br2CoN14O12+2. The van der Waals surface area contributed by atoms with Gasteiger partial charge in [0, 0.05) is 197 Å². The number of fused-ring (bicyclic) bond motifs is 10. The van der Waals surface area contributed by atoms with E-state index in [2.05, 4.69) is 256 Å². The Morgan fingerprint density at radius 1 is 0.427 bits per heavy atom. The largest absolute Gasteiger partial charge is 0.506 e. The minimum atomic E-state index is -0.588. The van der Waals surface area contributed by atoms with Crippen molar-refractivity contribution in [2.45, 2.75) is 154 Å². The smallest absolute Gasteiger partial charge is 0.283 e. The van der Waals surface area contributed by atoms with Crippen LogP contribution in [0.5, 0.6) is 23.0 Å². The molecule has 0 amide bonds. The molecule has 675 valence electrons. The number of nitro benzene ring substituents is 4. The fraction of sp³-hybridized carbons (Fsp3) is 0.294. The van der Waals surface area contributed by atoms with Crippen LogP contribution in [0, 0.1) is 40.5 Å². The minimum absolute atomic E-state index is 0. The Morgan fingerprint density at radius 2 is 0.786 bits per heavy atom. The van der Waals surface area contributed by atoms with Crippen molar-refractivity contribution in [3.63, 3.8) is 0 Å². The Morgan fingerprint density at radius 3 is 1.13 bits per heavy atom. The number of phenols is 4. The van der Waals surface area contributed by atoms with Crippen molar-refractivity contribution < 1.29 is 66.0 Å². The first-order valence-electron chi connectivity index (χ1n) is 43.9. The van der Waals surface area contributed by atoms with E-state index in [0.29, 0.717) is 22.0 Å². The Bertz CT molecular complexity index is 6230. The van der Waals surface area contributed by atoms with Crippen LogP contribution < -0.4 is 19.6 Å². The molecule has 4 aliphatic heterocycles. The third kappa shape index (κ3) is 18.2. The first-order valence-corrected chi connectivity index (χ1v) is 45.5. The van der Waals surface area contributed by atoms with Crippen LogP contribution >= 0.6 is 31.9 Å². The molecule has 2 fully saturated rings. The predicted octanol–water partition coefficient (Wildman–Crippen LogP) is 26.6. The van der Waals surface area contributed by atoms with Crippen molar-refractivity contribution in [2.24, 2.45) is 20.5 Å². The number of nitrogens with zero attached hydrogens (tertiary/aromatic N) is 14. The monoisotopic (exact) mass is 1930 g/mol. The van der Waals surface area contributed by atoms with Crippen LogP contribution in [0.3, 0.4) is 0 Å². The molecule has 11 aromatic rings. The minimum Gasteiger partial charge on any atom is -0.506 e. The summed E-state index contributed by atoms with van der Waals surface area (Å²) in [4.78, 5) is 52.9. The van der Waals surface area contributed by atoms with Crippen LogP contribution in [0.25, 0.3) is 21.5 Å². The van der Waals surface area contributed by atoms with E-state index in [9.17, 15) is 60.9 Å². The molecule has 4 N–H and O–H groups in total. The Hall–Kier alpha value is -13.1. The zero-order valence-corrected chi connectivity index (χ0v) is 78.9. The van der Waals surface area contributed by atoms with Gasteiger partial charge in [-0.25, -0.2) is 0 Å². The van der Waals surface area contributed by atoms with Gasteiger partial charge in [-0.3, -0.25) is 40.5 Å². The van der Waals surface area contributed by atoms with Crippen molar-refractivity contribution in [1.82, 2.24) is 0 Å². The SMILES string of the molecule is CCN(CC)c1ccc(N=Nc2cc([N+](=O)[O-])ccc2O)c(O)c1.CCN(CC)c1ccc(N=Nc2cc([N+](=O)[O-])ccc2O)c(O)c1.CN1/C(=C/C=C/C2=[N+](Cc3ccc(C[N+]4=C(/C=C/C=C5/N(C)c6cc(Br)c([N+](=O)[O-])cc6C56CCCCC6)C(C)(C)c5c4ccc4ccccc54)cc3)c3ccc4ccccc4c3C2(C)C)C2(CCCCC2)c2cc([N+](=O)[O-])c(Br)cc21.[Co]. The number of aromatic hydroxyl groups is 4. The van der Waals surface area contributed by atoms with Gasteiger partial charge >= 0.3 is 0 Å². The number of halogens is 2. The maximum atomic E-state index is 12.2. The van der Waals surface area contributed by atoms with E-state index in [0.717, 1.165) is 124 Å². The average Bonchev–Trinajstić information content (AvgIpc) is 1.58. The second-order valence-electron chi connectivity index (χ2n) is 34.7. The van der Waals surface area contributed by atoms with Crippen molar-refractivity contribution in [2.75, 3.05) is 59.9 Å². The number of rotatable bonds is 22. The summed E-state index contributed by atoms with van der Waals surface area (Å²) in [6.45, 7) is 22.1. The first-order chi connectivity index (χ1) is 62.4. The van der Waals surface area contributed by atoms with Crippen molar-refractivity contribution in [3.05, 3.63) is 325 Å². The Labute approximate surface area is 787 Å². The number of anilines is 4. The molecule has 17 rings (SSSR count). The molecular weight excluding hydrogens is 1830 g/mol. The normalized spacial score (nSPS) is 16.6. The molecule has 4 heterocycles. The molecule has 26 nitrogen and oxygen atoms in total. The van der Waals surface area contributed by atoms with Crippen LogP contribution in [0.4, 0.5) is 79.6 Å². The molecule has 11 aromatic carbocycles. The molecule has 131 heavy (non-hydrogen) atoms. The summed E-state index contributed by atoms with van der Waals surface area (Å²) in [6, 6.07) is 60.2. The van der Waals surface area contributed by atoms with Crippen molar-refractivity contribution in [1.29, 1.82) is 0 Å². The van der Waals surface area contributed by atoms with Crippen LogP contribution in [0.2, 0.25) is 0 Å². The molecule has 0 aromatic heterocycles.